The number of carbonyl (C=O) groups excluding carboxylic acids is 7. The molecule has 0 radical (unpaired) electrons. The monoisotopic (exact) mass is 937 g/mol. The first-order valence-electron chi connectivity index (χ1n) is 22.2. The fourth-order valence-electron chi connectivity index (χ4n) is 6.53. The maximum absolute atomic E-state index is 14.0. The van der Waals surface area contributed by atoms with Gasteiger partial charge < -0.3 is 48.1 Å². The summed E-state index contributed by atoms with van der Waals surface area (Å²) in [5, 5.41) is 28.7. The molecule has 0 fully saturated rings. The van der Waals surface area contributed by atoms with Crippen molar-refractivity contribution in [2.45, 2.75) is 149 Å². The van der Waals surface area contributed by atoms with Gasteiger partial charge in [0.1, 0.15) is 42.3 Å². The quantitative estimate of drug-likeness (QED) is 0.0539. The van der Waals surface area contributed by atoms with Crippen LogP contribution >= 0.6 is 23.5 Å². The highest BCUT2D eigenvalue weighted by Crippen LogP contribution is 2.14. The summed E-state index contributed by atoms with van der Waals surface area (Å²) < 4.78 is 0. The largest absolute Gasteiger partial charge is 0.480 e. The smallest absolute Gasteiger partial charge is 0.326 e. The minimum absolute atomic E-state index is 0.0143. The zero-order valence-corrected chi connectivity index (χ0v) is 41.2. The average Bonchev–Trinajstić information content (AvgIpc) is 3.25. The summed E-state index contributed by atoms with van der Waals surface area (Å²) in [4.78, 5) is 107. The van der Waals surface area contributed by atoms with Gasteiger partial charge in [0, 0.05) is 6.42 Å². The highest BCUT2D eigenvalue weighted by atomic mass is 32.2. The molecule has 0 unspecified atom stereocenters. The third-order valence-electron chi connectivity index (χ3n) is 11.0. The Labute approximate surface area is 388 Å². The topological polar surface area (TPSA) is 267 Å². The van der Waals surface area contributed by atoms with Gasteiger partial charge in [-0.05, 0) is 79.4 Å². The number of hydrogen-bond donors (Lipinski definition) is 9. The van der Waals surface area contributed by atoms with Crippen LogP contribution in [-0.4, -0.2) is 125 Å². The zero-order valence-electron chi connectivity index (χ0n) is 39.6. The highest BCUT2D eigenvalue weighted by molar-refractivity contribution is 7.98. The molecule has 0 aliphatic heterocycles. The molecule has 1 rings (SSSR count). The molecule has 0 aliphatic rings. The fraction of sp³-hybridized carbons (Fsp3) is 0.689. The van der Waals surface area contributed by atoms with Gasteiger partial charge in [-0.1, -0.05) is 98.6 Å². The number of carboxylic acids is 1. The first kappa shape index (κ1) is 57.7. The zero-order chi connectivity index (χ0) is 48.7. The van der Waals surface area contributed by atoms with Crippen molar-refractivity contribution < 1.29 is 43.5 Å². The van der Waals surface area contributed by atoms with Gasteiger partial charge in [-0.25, -0.2) is 4.79 Å². The molecule has 17 nitrogen and oxygen atoms in total. The number of rotatable bonds is 30. The van der Waals surface area contributed by atoms with E-state index in [1.54, 1.807) is 39.5 Å². The molecule has 64 heavy (non-hydrogen) atoms. The van der Waals surface area contributed by atoms with Crippen LogP contribution in [0, 0.1) is 23.7 Å². The number of benzene rings is 1. The van der Waals surface area contributed by atoms with Gasteiger partial charge in [-0.2, -0.15) is 23.5 Å². The summed E-state index contributed by atoms with van der Waals surface area (Å²) in [5.74, 6) is -5.73. The molecule has 7 amide bonds. The normalized spacial score (nSPS) is 16.0. The van der Waals surface area contributed by atoms with Crippen LogP contribution in [0.1, 0.15) is 100.0 Å². The minimum atomic E-state index is -1.19. The molecular formula is C45H76N8O9S2. The Morgan fingerprint density at radius 1 is 0.562 bits per heavy atom. The molecular weight excluding hydrogens is 861 g/mol. The predicted molar refractivity (Wildman–Crippen MR) is 254 cm³/mol. The summed E-state index contributed by atoms with van der Waals surface area (Å²) in [7, 11) is 0. The van der Waals surface area contributed by atoms with E-state index in [4.69, 9.17) is 5.73 Å². The van der Waals surface area contributed by atoms with Crippen molar-refractivity contribution in [3.8, 4) is 0 Å². The van der Waals surface area contributed by atoms with Crippen molar-refractivity contribution in [1.29, 1.82) is 0 Å². The van der Waals surface area contributed by atoms with Crippen molar-refractivity contribution in [1.82, 2.24) is 37.2 Å². The lowest BCUT2D eigenvalue weighted by Crippen LogP contribution is -2.62. The van der Waals surface area contributed by atoms with Crippen LogP contribution in [0.2, 0.25) is 0 Å². The van der Waals surface area contributed by atoms with Gasteiger partial charge in [0.05, 0.1) is 6.04 Å². The highest BCUT2D eigenvalue weighted by Gasteiger charge is 2.36. The van der Waals surface area contributed by atoms with Gasteiger partial charge >= 0.3 is 5.97 Å². The van der Waals surface area contributed by atoms with Crippen LogP contribution < -0.4 is 43.0 Å². The van der Waals surface area contributed by atoms with E-state index in [9.17, 15) is 43.5 Å². The third-order valence-corrected chi connectivity index (χ3v) is 12.3. The lowest BCUT2D eigenvalue weighted by Gasteiger charge is -2.30. The Bertz CT molecular complexity index is 1670. The van der Waals surface area contributed by atoms with Crippen molar-refractivity contribution in [2.75, 3.05) is 24.0 Å². The predicted octanol–water partition coefficient (Wildman–Crippen LogP) is 2.36. The minimum Gasteiger partial charge on any atom is -0.480 e. The summed E-state index contributed by atoms with van der Waals surface area (Å²) in [6, 6.07) is 0.454. The van der Waals surface area contributed by atoms with Crippen molar-refractivity contribution in [3.63, 3.8) is 0 Å². The van der Waals surface area contributed by atoms with E-state index in [1.807, 2.05) is 70.5 Å². The van der Waals surface area contributed by atoms with Crippen LogP contribution in [0.15, 0.2) is 30.3 Å². The number of thioether (sulfide) groups is 2. The molecule has 0 saturated heterocycles. The van der Waals surface area contributed by atoms with Crippen molar-refractivity contribution in [3.05, 3.63) is 35.9 Å². The van der Waals surface area contributed by atoms with Gasteiger partial charge in [0.2, 0.25) is 41.4 Å². The van der Waals surface area contributed by atoms with E-state index < -0.39 is 113 Å². The molecule has 1 aromatic carbocycles. The summed E-state index contributed by atoms with van der Waals surface area (Å²) in [6.07, 6.45) is 5.65. The molecule has 0 aromatic heterocycles. The second-order valence-electron chi connectivity index (χ2n) is 17.2. The Hall–Kier alpha value is -4.36. The second-order valence-corrected chi connectivity index (χ2v) is 19.2. The van der Waals surface area contributed by atoms with E-state index in [0.29, 0.717) is 30.8 Å². The second kappa shape index (κ2) is 30.0. The summed E-state index contributed by atoms with van der Waals surface area (Å²) >= 11 is 3.00. The molecule has 0 heterocycles. The van der Waals surface area contributed by atoms with Gasteiger partial charge in [0.15, 0.2) is 0 Å². The third kappa shape index (κ3) is 20.2. The molecule has 0 spiro atoms. The van der Waals surface area contributed by atoms with E-state index in [0.717, 1.165) is 5.56 Å². The number of carbonyl (C=O) groups is 8. The number of aliphatic carboxylic acids is 1. The maximum Gasteiger partial charge on any atom is 0.326 e. The number of nitrogens with two attached hydrogens (primary N) is 1. The van der Waals surface area contributed by atoms with E-state index >= 15 is 0 Å². The molecule has 362 valence electrons. The van der Waals surface area contributed by atoms with Crippen LogP contribution in [0.4, 0.5) is 0 Å². The molecule has 0 bridgehead atoms. The first-order chi connectivity index (χ1) is 30.1. The number of hydrogen-bond acceptors (Lipinski definition) is 11. The number of nitrogens with one attached hydrogen (secondary N) is 7. The van der Waals surface area contributed by atoms with Crippen LogP contribution in [0.25, 0.3) is 0 Å². The molecule has 0 aliphatic carbocycles. The first-order valence-corrected chi connectivity index (χ1v) is 25.0. The fourth-order valence-corrected chi connectivity index (χ4v) is 7.49. The van der Waals surface area contributed by atoms with Gasteiger partial charge in [-0.15, -0.1) is 0 Å². The van der Waals surface area contributed by atoms with Crippen LogP contribution in [0.3, 0.4) is 0 Å². The molecule has 19 heteroatoms. The molecule has 10 N–H and O–H groups in total. The molecule has 0 saturated carbocycles. The maximum atomic E-state index is 14.0. The van der Waals surface area contributed by atoms with E-state index in [-0.39, 0.29) is 25.2 Å². The summed E-state index contributed by atoms with van der Waals surface area (Å²) in [5.41, 5.74) is 6.91. The molecule has 1 aromatic rings. The number of carboxylic acid groups (broad SMARTS) is 1. The lowest BCUT2D eigenvalue weighted by molar-refractivity contribution is -0.143. The van der Waals surface area contributed by atoms with Crippen molar-refractivity contribution >= 4 is 70.8 Å². The SMILES string of the molecule is CC[C@H](C)[C@H](NC(=O)[C@H](C)NC(=O)[C@@H](NC(=O)[C@@H](NC(=O)[C@H](Cc1ccccc1)NC(=O)[C@@H](N)CCSC)[C@@H](C)CC)C(C)C)C(=O)N[C@@H](CCSC)C(=O)N[C@@H](CC(C)C)C(=O)O. The standard InChI is InChI=1S/C45H76N8O9S2/c1-12-27(7)36(43(59)48-32(20-22-64-11)40(56)50-34(45(61)62)23-25(3)4)52-38(54)29(9)47-42(58)35(26(5)6)51-44(60)37(28(8)13-2)53-41(57)33(24-30-17-15-14-16-18-30)49-39(55)31(46)19-21-63-10/h14-18,25-29,31-37H,12-13,19-24,46H2,1-11H3,(H,47,58)(H,48,59)(H,49,55)(H,50,56)(H,51,60)(H,52,54)(H,53,57)(H,61,62)/t27-,28-,29-,31-,32-,33-,34-,35-,36-,37-/m0/s1. The Morgan fingerprint density at radius 3 is 1.52 bits per heavy atom. The Kier molecular flexibility index (Phi) is 27.0. The van der Waals surface area contributed by atoms with Crippen LogP contribution in [-0.2, 0) is 44.8 Å². The number of amides is 7. The van der Waals surface area contributed by atoms with Crippen LogP contribution in [0.5, 0.6) is 0 Å². The van der Waals surface area contributed by atoms with Gasteiger partial charge in [-0.3, -0.25) is 33.6 Å². The Balaban J connectivity index is 3.23. The van der Waals surface area contributed by atoms with Gasteiger partial charge in [0.25, 0.3) is 0 Å². The summed E-state index contributed by atoms with van der Waals surface area (Å²) in [6.45, 7) is 15.8. The molecule has 10 atom stereocenters. The lowest BCUT2D eigenvalue weighted by atomic mass is 9.95. The van der Waals surface area contributed by atoms with E-state index in [2.05, 4.69) is 37.2 Å². The average molecular weight is 937 g/mol. The van der Waals surface area contributed by atoms with E-state index in [1.165, 1.54) is 18.7 Å². The van der Waals surface area contributed by atoms with Crippen molar-refractivity contribution in [2.24, 2.45) is 29.4 Å². The Morgan fingerprint density at radius 2 is 1.02 bits per heavy atom.